The number of carbonyl (C=O) groups is 1. The molecular weight excluding hydrogens is 292 g/mol. The minimum Gasteiger partial charge on any atom is -0.464 e. The van der Waals surface area contributed by atoms with Crippen molar-refractivity contribution in [3.05, 3.63) is 11.2 Å². The summed E-state index contributed by atoms with van der Waals surface area (Å²) in [5.74, 6) is -0.816. The van der Waals surface area contributed by atoms with Crippen molar-refractivity contribution in [3.63, 3.8) is 0 Å². The number of aliphatic hydroxyl groups is 1. The van der Waals surface area contributed by atoms with Gasteiger partial charge in [0.2, 0.25) is 0 Å². The van der Waals surface area contributed by atoms with Crippen molar-refractivity contribution in [2.75, 3.05) is 13.7 Å². The van der Waals surface area contributed by atoms with Crippen LogP contribution < -0.4 is 4.72 Å². The number of nitrogens with zero attached hydrogens (tertiary/aromatic N) is 1. The maximum absolute atomic E-state index is 12.2. The molecule has 0 amide bonds. The van der Waals surface area contributed by atoms with E-state index in [1.54, 1.807) is 13.8 Å². The number of hydrogen-bond donors (Lipinski definition) is 2. The molecule has 0 saturated heterocycles. The Morgan fingerprint density at radius 3 is 2.74 bits per heavy atom. The predicted molar refractivity (Wildman–Crippen MR) is 69.6 cm³/mol. The van der Waals surface area contributed by atoms with Crippen LogP contribution >= 0.6 is 11.3 Å². The van der Waals surface area contributed by atoms with Gasteiger partial charge in [-0.2, -0.15) is 0 Å². The number of aromatic nitrogens is 1. The van der Waals surface area contributed by atoms with Crippen LogP contribution in [-0.2, 0) is 14.8 Å². The number of methoxy groups -OCH3 is 1. The molecule has 0 aliphatic carbocycles. The highest BCUT2D eigenvalue weighted by atomic mass is 32.2. The van der Waals surface area contributed by atoms with E-state index in [1.807, 2.05) is 0 Å². The number of ether oxygens (including phenoxy) is 1. The van der Waals surface area contributed by atoms with Gasteiger partial charge in [-0.05, 0) is 13.3 Å². The number of thiazole rings is 1. The lowest BCUT2D eigenvalue weighted by Gasteiger charge is -2.26. The van der Waals surface area contributed by atoms with Gasteiger partial charge in [0, 0.05) is 0 Å². The summed E-state index contributed by atoms with van der Waals surface area (Å²) < 4.78 is 31.1. The predicted octanol–water partition coefficient (Wildman–Crippen LogP) is 0.369. The molecule has 0 aliphatic rings. The van der Waals surface area contributed by atoms with Crippen molar-refractivity contribution in [2.45, 2.75) is 30.0 Å². The van der Waals surface area contributed by atoms with E-state index in [0.29, 0.717) is 6.42 Å². The minimum absolute atomic E-state index is 0.215. The molecule has 0 aliphatic heterocycles. The Balaban J connectivity index is 3.15. The number of nitrogens with one attached hydrogen (secondary N) is 1. The Morgan fingerprint density at radius 1 is 1.63 bits per heavy atom. The van der Waals surface area contributed by atoms with Crippen LogP contribution in [0.4, 0.5) is 0 Å². The van der Waals surface area contributed by atoms with Crippen molar-refractivity contribution in [1.82, 2.24) is 9.71 Å². The van der Waals surface area contributed by atoms with Crippen LogP contribution in [0.5, 0.6) is 0 Å². The van der Waals surface area contributed by atoms with Gasteiger partial charge in [-0.25, -0.2) is 22.9 Å². The van der Waals surface area contributed by atoms with Crippen molar-refractivity contribution in [1.29, 1.82) is 0 Å². The molecule has 1 atom stereocenters. The average molecular weight is 308 g/mol. The van der Waals surface area contributed by atoms with E-state index in [1.165, 1.54) is 5.51 Å². The monoisotopic (exact) mass is 308 g/mol. The van der Waals surface area contributed by atoms with Gasteiger partial charge in [-0.1, -0.05) is 6.92 Å². The first-order valence-electron chi connectivity index (χ1n) is 5.46. The molecule has 7 nitrogen and oxygen atoms in total. The summed E-state index contributed by atoms with van der Waals surface area (Å²) in [6, 6.07) is 0. The van der Waals surface area contributed by atoms with Crippen molar-refractivity contribution in [3.8, 4) is 0 Å². The van der Waals surface area contributed by atoms with Gasteiger partial charge < -0.3 is 9.84 Å². The molecule has 0 aromatic carbocycles. The molecule has 2 N–H and O–H groups in total. The summed E-state index contributed by atoms with van der Waals surface area (Å²) in [5, 5.41) is 9.24. The van der Waals surface area contributed by atoms with Gasteiger partial charge in [-0.3, -0.25) is 0 Å². The van der Waals surface area contributed by atoms with Gasteiger partial charge in [0.25, 0.3) is 10.0 Å². The van der Waals surface area contributed by atoms with E-state index in [0.717, 1.165) is 18.4 Å². The largest absolute Gasteiger partial charge is 0.464 e. The van der Waals surface area contributed by atoms with Gasteiger partial charge in [0.1, 0.15) is 0 Å². The van der Waals surface area contributed by atoms with Gasteiger partial charge >= 0.3 is 5.97 Å². The highest BCUT2D eigenvalue weighted by molar-refractivity contribution is 7.91. The van der Waals surface area contributed by atoms with Crippen LogP contribution in [0.1, 0.15) is 30.8 Å². The van der Waals surface area contributed by atoms with E-state index >= 15 is 0 Å². The molecule has 0 bridgehead atoms. The first kappa shape index (κ1) is 16.0. The molecule has 1 heterocycles. The highest BCUT2D eigenvalue weighted by Crippen LogP contribution is 2.23. The quantitative estimate of drug-likeness (QED) is 0.736. The number of esters is 1. The topological polar surface area (TPSA) is 106 Å². The number of aliphatic hydroxyl groups excluding tert-OH is 1. The van der Waals surface area contributed by atoms with E-state index in [4.69, 9.17) is 0 Å². The summed E-state index contributed by atoms with van der Waals surface area (Å²) in [5.41, 5.74) is 0.00982. The molecule has 9 heteroatoms. The van der Waals surface area contributed by atoms with Crippen LogP contribution in [-0.4, -0.2) is 43.7 Å². The average Bonchev–Trinajstić information content (AvgIpc) is 2.87. The molecule has 1 unspecified atom stereocenters. The Bertz CT molecular complexity index is 548. The van der Waals surface area contributed by atoms with Crippen LogP contribution in [0.15, 0.2) is 9.72 Å². The fraction of sp³-hybridized carbons (Fsp3) is 0.600. The van der Waals surface area contributed by atoms with Gasteiger partial charge in [0.05, 0.1) is 24.8 Å². The molecule has 0 fully saturated rings. The normalized spacial score (nSPS) is 14.9. The molecule has 0 radical (unpaired) electrons. The second-order valence-corrected chi connectivity index (χ2v) is 6.89. The van der Waals surface area contributed by atoms with Crippen molar-refractivity contribution >= 4 is 27.3 Å². The molecule has 1 aromatic rings. The van der Waals surface area contributed by atoms with Crippen molar-refractivity contribution < 1.29 is 23.1 Å². The van der Waals surface area contributed by atoms with Crippen LogP contribution in [0.2, 0.25) is 0 Å². The summed E-state index contributed by atoms with van der Waals surface area (Å²) in [6.45, 7) is 2.96. The Hall–Kier alpha value is -1.03. The third kappa shape index (κ3) is 3.50. The molecule has 19 heavy (non-hydrogen) atoms. The maximum Gasteiger partial charge on any atom is 0.358 e. The third-order valence-electron chi connectivity index (χ3n) is 2.67. The zero-order valence-electron chi connectivity index (χ0n) is 10.8. The van der Waals surface area contributed by atoms with Crippen molar-refractivity contribution in [2.24, 2.45) is 0 Å². The lowest BCUT2D eigenvalue weighted by Crippen LogP contribution is -2.48. The molecule has 1 aromatic heterocycles. The van der Waals surface area contributed by atoms with E-state index in [2.05, 4.69) is 14.4 Å². The van der Waals surface area contributed by atoms with Crippen LogP contribution in [0.25, 0.3) is 0 Å². The molecule has 0 saturated carbocycles. The zero-order valence-corrected chi connectivity index (χ0v) is 12.5. The van der Waals surface area contributed by atoms with E-state index in [-0.39, 0.29) is 16.5 Å². The zero-order chi connectivity index (χ0) is 14.7. The fourth-order valence-electron chi connectivity index (χ4n) is 1.25. The summed E-state index contributed by atoms with van der Waals surface area (Å²) in [4.78, 5) is 15.1. The van der Waals surface area contributed by atoms with Gasteiger partial charge in [0.15, 0.2) is 9.90 Å². The standard InChI is InChI=1S/C10H16N2O5S2/c1-4-10(2,5-13)12-19(15,16)9-7(8(14)17-3)11-6-18-9/h6,12-13H,4-5H2,1-3H3. The number of hydrogen-bond acceptors (Lipinski definition) is 7. The van der Waals surface area contributed by atoms with Crippen LogP contribution in [0.3, 0.4) is 0 Å². The molecule has 0 spiro atoms. The van der Waals surface area contributed by atoms with E-state index < -0.39 is 21.5 Å². The first-order chi connectivity index (χ1) is 8.79. The smallest absolute Gasteiger partial charge is 0.358 e. The second-order valence-electron chi connectivity index (χ2n) is 4.16. The Labute approximate surface area is 115 Å². The summed E-state index contributed by atoms with van der Waals surface area (Å²) in [7, 11) is -2.79. The SMILES string of the molecule is CCC(C)(CO)NS(=O)(=O)c1scnc1C(=O)OC. The van der Waals surface area contributed by atoms with Crippen LogP contribution in [0, 0.1) is 0 Å². The first-order valence-corrected chi connectivity index (χ1v) is 7.82. The summed E-state index contributed by atoms with van der Waals surface area (Å²) >= 11 is 0.818. The number of rotatable bonds is 6. The maximum atomic E-state index is 12.2. The third-order valence-corrected chi connectivity index (χ3v) is 5.68. The molecule has 108 valence electrons. The molecule has 1 rings (SSSR count). The minimum atomic E-state index is -3.94. The van der Waals surface area contributed by atoms with Gasteiger partial charge in [-0.15, -0.1) is 11.3 Å². The highest BCUT2D eigenvalue weighted by Gasteiger charge is 2.33. The number of carbonyl (C=O) groups excluding carboxylic acids is 1. The lowest BCUT2D eigenvalue weighted by atomic mass is 10.0. The Morgan fingerprint density at radius 2 is 2.26 bits per heavy atom. The lowest BCUT2D eigenvalue weighted by molar-refractivity contribution is 0.0590. The van der Waals surface area contributed by atoms with E-state index in [9.17, 15) is 18.3 Å². The number of sulfonamides is 1. The molecular formula is C10H16N2O5S2. The fourth-order valence-corrected chi connectivity index (χ4v) is 3.85. The summed E-state index contributed by atoms with van der Waals surface area (Å²) in [6.07, 6.45) is 0.398. The Kier molecular flexibility index (Phi) is 5.02. The second kappa shape index (κ2) is 5.95.